The average Bonchev–Trinajstić information content (AvgIpc) is 2.65. The van der Waals surface area contributed by atoms with Gasteiger partial charge >= 0.3 is 7.60 Å². The summed E-state index contributed by atoms with van der Waals surface area (Å²) in [5, 5.41) is 0. The van der Waals surface area contributed by atoms with Crippen LogP contribution in [0.4, 0.5) is 0 Å². The van der Waals surface area contributed by atoms with Crippen molar-refractivity contribution in [2.75, 3.05) is 0 Å². The summed E-state index contributed by atoms with van der Waals surface area (Å²) < 4.78 is 18.9. The van der Waals surface area contributed by atoms with E-state index in [1.54, 1.807) is 0 Å². The SMILES string of the molecule is CCCCCCC(CCC(CC)CCCC)OP(=O)(O)C1CCCCC1. The number of unbranched alkanes of at least 4 members (excludes halogenated alkanes) is 4. The van der Waals surface area contributed by atoms with E-state index >= 15 is 0 Å². The van der Waals surface area contributed by atoms with Crippen LogP contribution in [0.15, 0.2) is 0 Å². The third-order valence-electron chi connectivity index (χ3n) is 6.16. The Morgan fingerprint density at radius 1 is 0.885 bits per heavy atom. The van der Waals surface area contributed by atoms with Crippen molar-refractivity contribution in [1.29, 1.82) is 0 Å². The van der Waals surface area contributed by atoms with Crippen LogP contribution in [0, 0.1) is 5.92 Å². The molecule has 3 nitrogen and oxygen atoms in total. The maximum atomic E-state index is 12.9. The molecule has 0 radical (unpaired) electrons. The molecule has 0 spiro atoms. The van der Waals surface area contributed by atoms with Crippen LogP contribution < -0.4 is 0 Å². The van der Waals surface area contributed by atoms with E-state index < -0.39 is 7.60 Å². The summed E-state index contributed by atoms with van der Waals surface area (Å²) in [7, 11) is -3.47. The molecule has 0 bridgehead atoms. The first-order valence-electron chi connectivity index (χ1n) is 11.5. The van der Waals surface area contributed by atoms with Crippen LogP contribution in [0.1, 0.15) is 124 Å². The highest BCUT2D eigenvalue weighted by Gasteiger charge is 2.35. The quantitative estimate of drug-likeness (QED) is 0.229. The fourth-order valence-corrected chi connectivity index (χ4v) is 6.05. The van der Waals surface area contributed by atoms with Gasteiger partial charge < -0.3 is 9.42 Å². The molecule has 1 rings (SSSR count). The van der Waals surface area contributed by atoms with E-state index in [0.29, 0.717) is 0 Å². The number of hydrogen-bond donors (Lipinski definition) is 1. The van der Waals surface area contributed by atoms with Crippen molar-refractivity contribution in [3.8, 4) is 0 Å². The van der Waals surface area contributed by atoms with Gasteiger partial charge in [-0.1, -0.05) is 91.4 Å². The lowest BCUT2D eigenvalue weighted by atomic mass is 9.92. The monoisotopic (exact) mass is 388 g/mol. The molecule has 3 unspecified atom stereocenters. The Balaban J connectivity index is 2.56. The van der Waals surface area contributed by atoms with Gasteiger partial charge in [-0.2, -0.15) is 0 Å². The lowest BCUT2D eigenvalue weighted by molar-refractivity contribution is 0.136. The minimum absolute atomic E-state index is 0.0275. The van der Waals surface area contributed by atoms with Crippen LogP contribution in [0.3, 0.4) is 0 Å². The Morgan fingerprint density at radius 3 is 2.19 bits per heavy atom. The van der Waals surface area contributed by atoms with Crippen LogP contribution in [-0.2, 0) is 9.09 Å². The lowest BCUT2D eigenvalue weighted by Crippen LogP contribution is -2.20. The first-order valence-corrected chi connectivity index (χ1v) is 13.2. The van der Waals surface area contributed by atoms with Gasteiger partial charge in [0.2, 0.25) is 0 Å². The van der Waals surface area contributed by atoms with Gasteiger partial charge in [-0.15, -0.1) is 0 Å². The van der Waals surface area contributed by atoms with Gasteiger partial charge in [-0.3, -0.25) is 4.57 Å². The van der Waals surface area contributed by atoms with Gasteiger partial charge in [-0.05, 0) is 38.0 Å². The van der Waals surface area contributed by atoms with Crippen molar-refractivity contribution in [3.63, 3.8) is 0 Å². The van der Waals surface area contributed by atoms with Gasteiger partial charge in [0.15, 0.2) is 0 Å². The molecule has 0 heterocycles. The Bertz CT molecular complexity index is 380. The predicted octanol–water partition coefficient (Wildman–Crippen LogP) is 7.86. The van der Waals surface area contributed by atoms with E-state index in [-0.39, 0.29) is 11.8 Å². The van der Waals surface area contributed by atoms with Crippen molar-refractivity contribution < 1.29 is 14.0 Å². The van der Waals surface area contributed by atoms with Gasteiger partial charge in [-0.25, -0.2) is 0 Å². The summed E-state index contributed by atoms with van der Waals surface area (Å²) in [5.74, 6) is 0.740. The highest BCUT2D eigenvalue weighted by Crippen LogP contribution is 2.54. The van der Waals surface area contributed by atoms with Gasteiger partial charge in [0.25, 0.3) is 0 Å². The molecule has 0 amide bonds. The number of rotatable bonds is 15. The summed E-state index contributed by atoms with van der Waals surface area (Å²) in [6, 6.07) is 0. The Morgan fingerprint density at radius 2 is 1.58 bits per heavy atom. The Labute approximate surface area is 163 Å². The zero-order valence-electron chi connectivity index (χ0n) is 17.8. The molecule has 156 valence electrons. The van der Waals surface area contributed by atoms with Gasteiger partial charge in [0, 0.05) is 0 Å². The second kappa shape index (κ2) is 14.2. The molecule has 1 saturated carbocycles. The van der Waals surface area contributed by atoms with Crippen LogP contribution in [0.5, 0.6) is 0 Å². The Hall–Kier alpha value is 0.150. The maximum Gasteiger partial charge on any atom is 0.331 e. The van der Waals surface area contributed by atoms with E-state index in [1.807, 2.05) is 0 Å². The molecule has 3 atom stereocenters. The summed E-state index contributed by atoms with van der Waals surface area (Å²) in [6.07, 6.45) is 17.9. The Kier molecular flexibility index (Phi) is 13.2. The fraction of sp³-hybridized carbons (Fsp3) is 1.00. The highest BCUT2D eigenvalue weighted by molar-refractivity contribution is 7.53. The summed E-state index contributed by atoms with van der Waals surface area (Å²) in [4.78, 5) is 10.6. The lowest BCUT2D eigenvalue weighted by Gasteiger charge is -2.30. The van der Waals surface area contributed by atoms with Crippen LogP contribution in [-0.4, -0.2) is 16.7 Å². The smallest absolute Gasteiger partial charge is 0.324 e. The molecule has 1 N–H and O–H groups in total. The van der Waals surface area contributed by atoms with Crippen molar-refractivity contribution in [1.82, 2.24) is 0 Å². The summed E-state index contributed by atoms with van der Waals surface area (Å²) >= 11 is 0. The second-order valence-corrected chi connectivity index (χ2v) is 10.5. The molecule has 4 heteroatoms. The van der Waals surface area contributed by atoms with Crippen molar-refractivity contribution >= 4 is 7.60 Å². The molecule has 0 aromatic carbocycles. The van der Waals surface area contributed by atoms with Gasteiger partial charge in [0.1, 0.15) is 0 Å². The summed E-state index contributed by atoms with van der Waals surface area (Å²) in [6.45, 7) is 6.74. The zero-order chi connectivity index (χ0) is 19.3. The highest BCUT2D eigenvalue weighted by atomic mass is 31.2. The predicted molar refractivity (Wildman–Crippen MR) is 113 cm³/mol. The minimum atomic E-state index is -3.47. The molecule has 1 fully saturated rings. The van der Waals surface area contributed by atoms with E-state index in [2.05, 4.69) is 20.8 Å². The molecule has 0 aromatic heterocycles. The van der Waals surface area contributed by atoms with Crippen molar-refractivity contribution in [3.05, 3.63) is 0 Å². The van der Waals surface area contributed by atoms with E-state index in [9.17, 15) is 9.46 Å². The standard InChI is InChI=1S/C22H45O3P/c1-4-7-9-11-15-21(19-18-20(6-3)14-8-5-2)25-26(23,24)22-16-12-10-13-17-22/h20-22H,4-19H2,1-3H3,(H,23,24). The molecule has 1 aliphatic rings. The second-order valence-electron chi connectivity index (χ2n) is 8.43. The molecule has 0 aromatic rings. The van der Waals surface area contributed by atoms with E-state index in [1.165, 1.54) is 51.4 Å². The topological polar surface area (TPSA) is 46.5 Å². The van der Waals surface area contributed by atoms with Gasteiger partial charge in [0.05, 0.1) is 11.8 Å². The molecule has 1 aliphatic carbocycles. The molecule has 26 heavy (non-hydrogen) atoms. The summed E-state index contributed by atoms with van der Waals surface area (Å²) in [5.41, 5.74) is -0.114. The van der Waals surface area contributed by atoms with Crippen LogP contribution in [0.25, 0.3) is 0 Å². The van der Waals surface area contributed by atoms with Crippen molar-refractivity contribution in [2.24, 2.45) is 5.92 Å². The largest absolute Gasteiger partial charge is 0.331 e. The molecular formula is C22H45O3P. The van der Waals surface area contributed by atoms with E-state index in [4.69, 9.17) is 4.52 Å². The fourth-order valence-electron chi connectivity index (χ4n) is 4.22. The first kappa shape index (κ1) is 24.2. The number of hydrogen-bond acceptors (Lipinski definition) is 2. The maximum absolute atomic E-state index is 12.9. The third kappa shape index (κ3) is 9.90. The third-order valence-corrected chi connectivity index (χ3v) is 8.20. The molecule has 0 aliphatic heterocycles. The molecular weight excluding hydrogens is 343 g/mol. The first-order chi connectivity index (χ1) is 12.5. The average molecular weight is 389 g/mol. The minimum Gasteiger partial charge on any atom is -0.324 e. The van der Waals surface area contributed by atoms with E-state index in [0.717, 1.165) is 57.3 Å². The normalized spacial score (nSPS) is 20.6. The van der Waals surface area contributed by atoms with Crippen LogP contribution in [0.2, 0.25) is 0 Å². The van der Waals surface area contributed by atoms with Crippen molar-refractivity contribution in [2.45, 2.75) is 135 Å². The van der Waals surface area contributed by atoms with Crippen LogP contribution >= 0.6 is 7.60 Å². The zero-order valence-corrected chi connectivity index (χ0v) is 18.7. The molecule has 0 saturated heterocycles.